The van der Waals surface area contributed by atoms with Crippen LogP contribution in [0.5, 0.6) is 0 Å². The van der Waals surface area contributed by atoms with Gasteiger partial charge in [0, 0.05) is 54.1 Å². The van der Waals surface area contributed by atoms with Crippen LogP contribution in [0.1, 0.15) is 5.69 Å². The lowest BCUT2D eigenvalue weighted by molar-refractivity contribution is -0.379. The lowest BCUT2D eigenvalue weighted by Crippen LogP contribution is -2.55. The molecule has 6 heteroatoms. The fraction of sp³-hybridized carbons (Fsp3) is 0.250. The standard InChI is InChI=1S/C16H15N5O/c17-12-14-2-1-3-16(18-14)21-10-8-20(9-11-21)15-6-4-13(19-22)5-7-15/h1-7H,8-11H2/p+1. The van der Waals surface area contributed by atoms with Crippen LogP contribution < -0.4 is 15.0 Å². The van der Waals surface area contributed by atoms with Crippen LogP contribution >= 0.6 is 0 Å². The summed E-state index contributed by atoms with van der Waals surface area (Å²) in [6, 6.07) is 15.1. The Labute approximate surface area is 128 Å². The Hall–Kier alpha value is -2.94. The van der Waals surface area contributed by atoms with Crippen molar-refractivity contribution in [2.45, 2.75) is 0 Å². The van der Waals surface area contributed by atoms with Gasteiger partial charge in [-0.25, -0.2) is 4.98 Å². The molecule has 2 heterocycles. The van der Waals surface area contributed by atoms with Crippen LogP contribution in [0, 0.1) is 16.2 Å². The van der Waals surface area contributed by atoms with Crippen LogP contribution in [0.3, 0.4) is 0 Å². The summed E-state index contributed by atoms with van der Waals surface area (Å²) in [6.07, 6.45) is 0. The second-order valence-electron chi connectivity index (χ2n) is 5.12. The first kappa shape index (κ1) is 14.0. The molecule has 0 saturated carbocycles. The minimum Gasteiger partial charge on any atom is -0.368 e. The van der Waals surface area contributed by atoms with Gasteiger partial charge < -0.3 is 9.80 Å². The third-order valence-electron chi connectivity index (χ3n) is 3.80. The van der Waals surface area contributed by atoms with E-state index in [1.807, 2.05) is 29.4 Å². The van der Waals surface area contributed by atoms with Crippen molar-refractivity contribution < 1.29 is 5.18 Å². The number of benzene rings is 1. The average Bonchev–Trinajstić information content (AvgIpc) is 2.62. The molecule has 0 bridgehead atoms. The second kappa shape index (κ2) is 6.22. The number of hydrogen-bond acceptors (Lipinski definition) is 5. The Morgan fingerprint density at radius 3 is 2.32 bits per heavy atom. The summed E-state index contributed by atoms with van der Waals surface area (Å²) in [4.78, 5) is 19.4. The van der Waals surface area contributed by atoms with E-state index in [9.17, 15) is 4.91 Å². The van der Waals surface area contributed by atoms with Crippen molar-refractivity contribution in [2.75, 3.05) is 36.0 Å². The number of aromatic nitrogens is 1. The third-order valence-corrected chi connectivity index (χ3v) is 3.80. The van der Waals surface area contributed by atoms with Gasteiger partial charge in [0.2, 0.25) is 0 Å². The van der Waals surface area contributed by atoms with E-state index in [0.29, 0.717) is 11.4 Å². The monoisotopic (exact) mass is 294 g/mol. The first-order valence-corrected chi connectivity index (χ1v) is 7.15. The maximum Gasteiger partial charge on any atom is 0.253 e. The summed E-state index contributed by atoms with van der Waals surface area (Å²) >= 11 is 0. The topological polar surface area (TPSA) is 74.2 Å². The van der Waals surface area contributed by atoms with E-state index in [1.54, 1.807) is 18.2 Å². The van der Waals surface area contributed by atoms with Gasteiger partial charge in [-0.05, 0) is 24.3 Å². The second-order valence-corrected chi connectivity index (χ2v) is 5.12. The van der Waals surface area contributed by atoms with Crippen molar-refractivity contribution in [3.8, 4) is 6.07 Å². The van der Waals surface area contributed by atoms with Crippen molar-refractivity contribution in [3.05, 3.63) is 53.1 Å². The highest BCUT2D eigenvalue weighted by atomic mass is 16.3. The molecular weight excluding hydrogens is 278 g/mol. The van der Waals surface area contributed by atoms with Gasteiger partial charge in [0.05, 0.1) is 0 Å². The molecule has 1 aromatic carbocycles. The number of nitroso groups, excluding NO2 is 1. The van der Waals surface area contributed by atoms with Gasteiger partial charge in [0.1, 0.15) is 17.6 Å². The number of nitriles is 1. The van der Waals surface area contributed by atoms with Crippen molar-refractivity contribution in [1.29, 1.82) is 5.26 Å². The molecule has 1 N–H and O–H groups in total. The Kier molecular flexibility index (Phi) is 3.97. The summed E-state index contributed by atoms with van der Waals surface area (Å²) in [5.74, 6) is 0.851. The molecule has 0 amide bonds. The molecule has 0 radical (unpaired) electrons. The van der Waals surface area contributed by atoms with Crippen LogP contribution in [-0.4, -0.2) is 31.2 Å². The minimum atomic E-state index is 0.445. The average molecular weight is 294 g/mol. The van der Waals surface area contributed by atoms with Crippen LogP contribution in [-0.2, 0) is 0 Å². The molecule has 0 unspecified atom stereocenters. The lowest BCUT2D eigenvalue weighted by Gasteiger charge is -2.36. The fourth-order valence-corrected chi connectivity index (χ4v) is 2.60. The quantitative estimate of drug-likeness (QED) is 0.904. The summed E-state index contributed by atoms with van der Waals surface area (Å²) in [7, 11) is 0. The van der Waals surface area contributed by atoms with Gasteiger partial charge in [-0.1, -0.05) is 6.07 Å². The first-order chi connectivity index (χ1) is 10.8. The summed E-state index contributed by atoms with van der Waals surface area (Å²) in [6.45, 7) is 3.46. The van der Waals surface area contributed by atoms with Crippen LogP contribution in [0.2, 0.25) is 0 Å². The van der Waals surface area contributed by atoms with Crippen LogP contribution in [0.4, 0.5) is 17.2 Å². The molecule has 1 saturated heterocycles. The van der Waals surface area contributed by atoms with E-state index in [-0.39, 0.29) is 0 Å². The number of nitrogens with zero attached hydrogens (tertiary/aromatic N) is 4. The molecule has 110 valence electrons. The fourth-order valence-electron chi connectivity index (χ4n) is 2.60. The zero-order valence-corrected chi connectivity index (χ0v) is 12.1. The summed E-state index contributed by atoms with van der Waals surface area (Å²) in [5, 5.41) is 10.8. The highest BCUT2D eigenvalue weighted by Crippen LogP contribution is 2.20. The number of pyridine rings is 1. The largest absolute Gasteiger partial charge is 0.368 e. The highest BCUT2D eigenvalue weighted by molar-refractivity contribution is 5.52. The summed E-state index contributed by atoms with van der Waals surface area (Å²) < 4.78 is 0. The van der Waals surface area contributed by atoms with Crippen molar-refractivity contribution >= 4 is 17.2 Å². The number of anilines is 2. The van der Waals surface area contributed by atoms with Crippen molar-refractivity contribution in [1.82, 2.24) is 4.98 Å². The maximum absolute atomic E-state index is 10.6. The molecule has 3 rings (SSSR count). The van der Waals surface area contributed by atoms with Gasteiger partial charge in [-0.15, -0.1) is 0 Å². The van der Waals surface area contributed by atoms with E-state index in [2.05, 4.69) is 20.9 Å². The molecule has 0 spiro atoms. The van der Waals surface area contributed by atoms with Gasteiger partial charge in [0.25, 0.3) is 5.69 Å². The van der Waals surface area contributed by atoms with Gasteiger partial charge >= 0.3 is 0 Å². The molecule has 1 fully saturated rings. The van der Waals surface area contributed by atoms with Crippen LogP contribution in [0.15, 0.2) is 42.5 Å². The number of rotatable bonds is 3. The molecule has 6 nitrogen and oxygen atoms in total. The Balaban J connectivity index is 1.66. The van der Waals surface area contributed by atoms with Crippen LogP contribution in [0.25, 0.3) is 0 Å². The smallest absolute Gasteiger partial charge is 0.253 e. The SMILES string of the molecule is N#Cc1cccc(N2CCN(c3ccc([NH+]=O)cc3)CC2)n1. The molecular formula is C16H16N5O+. The number of hydrogen-bond donors (Lipinski definition) is 1. The Morgan fingerprint density at radius 1 is 1.00 bits per heavy atom. The zero-order valence-electron chi connectivity index (χ0n) is 12.1. The van der Waals surface area contributed by atoms with Crippen molar-refractivity contribution in [2.24, 2.45) is 0 Å². The van der Waals surface area contributed by atoms with Gasteiger partial charge in [-0.3, -0.25) is 0 Å². The van der Waals surface area contributed by atoms with E-state index in [0.717, 1.165) is 37.7 Å². The zero-order chi connectivity index (χ0) is 15.4. The molecule has 1 aliphatic heterocycles. The molecule has 0 aliphatic carbocycles. The molecule has 2 aromatic rings. The third kappa shape index (κ3) is 2.88. The first-order valence-electron chi connectivity index (χ1n) is 7.15. The van der Waals surface area contributed by atoms with E-state index in [1.165, 1.54) is 0 Å². The highest BCUT2D eigenvalue weighted by Gasteiger charge is 2.18. The Morgan fingerprint density at radius 2 is 1.68 bits per heavy atom. The predicted molar refractivity (Wildman–Crippen MR) is 83.8 cm³/mol. The van der Waals surface area contributed by atoms with E-state index in [4.69, 9.17) is 5.26 Å². The molecule has 1 aliphatic rings. The van der Waals surface area contributed by atoms with Gasteiger partial charge in [-0.2, -0.15) is 5.26 Å². The summed E-state index contributed by atoms with van der Waals surface area (Å²) in [5.41, 5.74) is 2.12. The normalized spacial score (nSPS) is 14.5. The van der Waals surface area contributed by atoms with E-state index >= 15 is 0 Å². The minimum absolute atomic E-state index is 0.445. The van der Waals surface area contributed by atoms with Gasteiger partial charge in [0.15, 0.2) is 0 Å². The molecule has 1 aromatic heterocycles. The number of piperazine rings is 1. The Bertz CT molecular complexity index is 699. The van der Waals surface area contributed by atoms with E-state index < -0.39 is 0 Å². The predicted octanol–water partition coefficient (Wildman–Crippen LogP) is 0.758. The van der Waals surface area contributed by atoms with Crippen molar-refractivity contribution in [3.63, 3.8) is 0 Å². The molecule has 0 atom stereocenters. The lowest BCUT2D eigenvalue weighted by atomic mass is 10.2. The maximum atomic E-state index is 10.6. The molecule has 22 heavy (non-hydrogen) atoms. The number of nitrogens with one attached hydrogen (secondary N) is 1.